The Hall–Kier alpha value is -2.37. The highest BCUT2D eigenvalue weighted by Gasteiger charge is 2.17. The molecular formula is C15H21N7O3S. The van der Waals surface area contributed by atoms with Gasteiger partial charge in [0.2, 0.25) is 15.9 Å². The van der Waals surface area contributed by atoms with Crippen molar-refractivity contribution in [3.8, 4) is 0 Å². The molecule has 0 bridgehead atoms. The molecule has 3 rings (SSSR count). The number of benzene rings is 1. The molecule has 1 aliphatic rings. The van der Waals surface area contributed by atoms with Crippen LogP contribution in [-0.2, 0) is 34.5 Å². The van der Waals surface area contributed by atoms with Crippen molar-refractivity contribution in [3.63, 3.8) is 0 Å². The predicted octanol–water partition coefficient (Wildman–Crippen LogP) is -0.767. The fraction of sp³-hybridized carbons (Fsp3) is 0.467. The molecule has 0 radical (unpaired) electrons. The van der Waals surface area contributed by atoms with Crippen LogP contribution < -0.4 is 10.5 Å². The van der Waals surface area contributed by atoms with Crippen molar-refractivity contribution < 1.29 is 13.2 Å². The fourth-order valence-corrected chi connectivity index (χ4v) is 3.31. The summed E-state index contributed by atoms with van der Waals surface area (Å²) in [4.78, 5) is 14.4. The second kappa shape index (κ2) is 7.89. The zero-order valence-corrected chi connectivity index (χ0v) is 15.0. The lowest BCUT2D eigenvalue weighted by Gasteiger charge is -2.13. The first kappa shape index (κ1) is 18.4. The van der Waals surface area contributed by atoms with Crippen molar-refractivity contribution in [2.45, 2.75) is 37.4 Å². The van der Waals surface area contributed by atoms with Crippen molar-refractivity contribution in [2.24, 2.45) is 5.14 Å². The standard InChI is InChI=1S/C15H21N7O3S/c16-26(24,25)13-5-3-12(4-6-13)9-17-15(23)11-22-14(18-19-20-22)10-21-7-1-2-8-21/h3-6H,1-2,7-11H2,(H,17,23)(H2,16,24,25). The molecule has 1 aromatic carbocycles. The van der Waals surface area contributed by atoms with Crippen molar-refractivity contribution in [3.05, 3.63) is 35.7 Å². The Morgan fingerprint density at radius 1 is 1.19 bits per heavy atom. The number of hydrogen-bond donors (Lipinski definition) is 2. The van der Waals surface area contributed by atoms with Crippen molar-refractivity contribution in [2.75, 3.05) is 13.1 Å². The van der Waals surface area contributed by atoms with E-state index in [4.69, 9.17) is 5.14 Å². The molecule has 0 saturated carbocycles. The molecule has 3 N–H and O–H groups in total. The molecule has 0 aliphatic carbocycles. The summed E-state index contributed by atoms with van der Waals surface area (Å²) in [5, 5.41) is 19.4. The van der Waals surface area contributed by atoms with Crippen molar-refractivity contribution in [1.29, 1.82) is 0 Å². The van der Waals surface area contributed by atoms with Crippen LogP contribution in [0.1, 0.15) is 24.2 Å². The molecule has 2 aromatic rings. The number of nitrogens with two attached hydrogens (primary N) is 1. The SMILES string of the molecule is NS(=O)(=O)c1ccc(CNC(=O)Cn2nnnc2CN2CCCC2)cc1. The van der Waals surface area contributed by atoms with Crippen LogP contribution in [0.15, 0.2) is 29.2 Å². The quantitative estimate of drug-likeness (QED) is 0.645. The third kappa shape index (κ3) is 4.84. The van der Waals surface area contributed by atoms with Gasteiger partial charge in [-0.15, -0.1) is 5.10 Å². The van der Waals surface area contributed by atoms with Crippen LogP contribution in [0, 0.1) is 0 Å². The van der Waals surface area contributed by atoms with E-state index >= 15 is 0 Å². The third-order valence-electron chi connectivity index (χ3n) is 4.20. The van der Waals surface area contributed by atoms with Crippen LogP contribution >= 0.6 is 0 Å². The normalized spacial score (nSPS) is 15.3. The van der Waals surface area contributed by atoms with Crippen LogP contribution in [0.3, 0.4) is 0 Å². The number of rotatable bonds is 7. The average molecular weight is 379 g/mol. The Labute approximate surface area is 151 Å². The maximum absolute atomic E-state index is 12.1. The van der Waals surface area contributed by atoms with E-state index in [2.05, 4.69) is 25.7 Å². The van der Waals surface area contributed by atoms with E-state index in [9.17, 15) is 13.2 Å². The summed E-state index contributed by atoms with van der Waals surface area (Å²) in [5.41, 5.74) is 0.764. The van der Waals surface area contributed by atoms with E-state index in [1.54, 1.807) is 12.1 Å². The number of nitrogens with zero attached hydrogens (tertiary/aromatic N) is 5. The van der Waals surface area contributed by atoms with Gasteiger partial charge in [0.25, 0.3) is 0 Å². The van der Waals surface area contributed by atoms with Crippen LogP contribution in [0.5, 0.6) is 0 Å². The number of primary sulfonamides is 1. The molecule has 0 unspecified atom stereocenters. The first-order valence-corrected chi connectivity index (χ1v) is 9.82. The molecule has 1 saturated heterocycles. The second-order valence-corrected chi connectivity index (χ2v) is 7.76. The Balaban J connectivity index is 1.52. The monoisotopic (exact) mass is 379 g/mol. The minimum absolute atomic E-state index is 0.0332. The van der Waals surface area contributed by atoms with Gasteiger partial charge in [-0.2, -0.15) is 0 Å². The Morgan fingerprint density at radius 2 is 1.88 bits per heavy atom. The molecule has 10 nitrogen and oxygen atoms in total. The first-order valence-electron chi connectivity index (χ1n) is 8.27. The molecule has 1 amide bonds. The van der Waals surface area contributed by atoms with Gasteiger partial charge in [0.1, 0.15) is 6.54 Å². The van der Waals surface area contributed by atoms with Gasteiger partial charge in [0.15, 0.2) is 5.82 Å². The van der Waals surface area contributed by atoms with Gasteiger partial charge in [-0.25, -0.2) is 18.2 Å². The molecule has 2 heterocycles. The van der Waals surface area contributed by atoms with Gasteiger partial charge >= 0.3 is 0 Å². The first-order chi connectivity index (χ1) is 12.4. The van der Waals surface area contributed by atoms with Crippen LogP contribution in [0.2, 0.25) is 0 Å². The lowest BCUT2D eigenvalue weighted by molar-refractivity contribution is -0.122. The lowest BCUT2D eigenvalue weighted by atomic mass is 10.2. The largest absolute Gasteiger partial charge is 0.350 e. The summed E-state index contributed by atoms with van der Waals surface area (Å²) < 4.78 is 24.0. The van der Waals surface area contributed by atoms with E-state index in [1.807, 2.05) is 0 Å². The number of carbonyl (C=O) groups is 1. The summed E-state index contributed by atoms with van der Waals surface area (Å²) in [5.74, 6) is 0.440. The van der Waals surface area contributed by atoms with Crippen LogP contribution in [0.25, 0.3) is 0 Å². The minimum Gasteiger partial charge on any atom is -0.350 e. The highest BCUT2D eigenvalue weighted by Crippen LogP contribution is 2.11. The van der Waals surface area contributed by atoms with E-state index in [0.717, 1.165) is 18.7 Å². The van der Waals surface area contributed by atoms with Gasteiger partial charge in [-0.05, 0) is 54.1 Å². The van der Waals surface area contributed by atoms with E-state index < -0.39 is 10.0 Å². The Kier molecular flexibility index (Phi) is 5.59. The molecular weight excluding hydrogens is 358 g/mol. The maximum Gasteiger partial charge on any atom is 0.242 e. The second-order valence-electron chi connectivity index (χ2n) is 6.20. The van der Waals surface area contributed by atoms with Gasteiger partial charge in [-0.3, -0.25) is 9.69 Å². The summed E-state index contributed by atoms with van der Waals surface area (Å²) >= 11 is 0. The number of hydrogen-bond acceptors (Lipinski definition) is 7. The molecule has 1 aromatic heterocycles. The number of aromatic nitrogens is 4. The van der Waals surface area contributed by atoms with Crippen molar-refractivity contribution >= 4 is 15.9 Å². The number of sulfonamides is 1. The maximum atomic E-state index is 12.1. The highest BCUT2D eigenvalue weighted by molar-refractivity contribution is 7.89. The molecule has 1 aliphatic heterocycles. The summed E-state index contributed by atoms with van der Waals surface area (Å²) in [7, 11) is -3.72. The molecule has 0 spiro atoms. The van der Waals surface area contributed by atoms with Crippen LogP contribution in [0.4, 0.5) is 0 Å². The lowest BCUT2D eigenvalue weighted by Crippen LogP contribution is -2.29. The van der Waals surface area contributed by atoms with E-state index in [0.29, 0.717) is 12.4 Å². The average Bonchev–Trinajstić information content (AvgIpc) is 3.26. The van der Waals surface area contributed by atoms with Gasteiger partial charge in [0.05, 0.1) is 11.4 Å². The Bertz CT molecular complexity index is 858. The zero-order chi connectivity index (χ0) is 18.6. The zero-order valence-electron chi connectivity index (χ0n) is 14.2. The van der Waals surface area contributed by atoms with Gasteiger partial charge in [0, 0.05) is 6.54 Å². The summed E-state index contributed by atoms with van der Waals surface area (Å²) in [6.45, 7) is 2.98. The number of likely N-dealkylation sites (tertiary alicyclic amines) is 1. The molecule has 0 atom stereocenters. The molecule has 11 heteroatoms. The van der Waals surface area contributed by atoms with E-state index in [-0.39, 0.29) is 23.9 Å². The fourth-order valence-electron chi connectivity index (χ4n) is 2.79. The highest BCUT2D eigenvalue weighted by atomic mass is 32.2. The van der Waals surface area contributed by atoms with Crippen LogP contribution in [-0.4, -0.2) is 52.5 Å². The number of carbonyl (C=O) groups excluding carboxylic acids is 1. The van der Waals surface area contributed by atoms with E-state index in [1.165, 1.54) is 29.7 Å². The number of nitrogens with one attached hydrogen (secondary N) is 1. The minimum atomic E-state index is -3.72. The number of amides is 1. The smallest absolute Gasteiger partial charge is 0.242 e. The van der Waals surface area contributed by atoms with Gasteiger partial charge in [-0.1, -0.05) is 12.1 Å². The molecule has 1 fully saturated rings. The summed E-state index contributed by atoms with van der Waals surface area (Å²) in [6, 6.07) is 6.03. The molecule has 26 heavy (non-hydrogen) atoms. The molecule has 140 valence electrons. The Morgan fingerprint density at radius 3 is 2.54 bits per heavy atom. The summed E-state index contributed by atoms with van der Waals surface area (Å²) in [6.07, 6.45) is 2.35. The number of tetrazole rings is 1. The topological polar surface area (TPSA) is 136 Å². The predicted molar refractivity (Wildman–Crippen MR) is 92.0 cm³/mol. The third-order valence-corrected chi connectivity index (χ3v) is 5.13. The van der Waals surface area contributed by atoms with Gasteiger partial charge < -0.3 is 5.32 Å². The van der Waals surface area contributed by atoms with Crippen molar-refractivity contribution in [1.82, 2.24) is 30.4 Å².